The van der Waals surface area contributed by atoms with Crippen LogP contribution in [-0.4, -0.2) is 22.4 Å². The molecular weight excluding hydrogens is 244 g/mol. The smallest absolute Gasteiger partial charge is 0.229 e. The monoisotopic (exact) mass is 266 g/mol. The molecule has 1 aromatic carbocycles. The zero-order chi connectivity index (χ0) is 13.9. The lowest BCUT2D eigenvalue weighted by molar-refractivity contribution is 0.112. The highest BCUT2D eigenvalue weighted by atomic mass is 28.3. The van der Waals surface area contributed by atoms with Crippen molar-refractivity contribution in [2.75, 3.05) is 7.11 Å². The molecule has 3 nitrogen and oxygen atoms in total. The van der Waals surface area contributed by atoms with Gasteiger partial charge < -0.3 is 9.16 Å². The number of hydrogen-bond acceptors (Lipinski definition) is 3. The Bertz CT molecular complexity index is 433. The molecule has 0 aliphatic rings. The summed E-state index contributed by atoms with van der Waals surface area (Å²) in [5.74, 6) is 1.29. The van der Waals surface area contributed by atoms with Crippen molar-refractivity contribution in [2.24, 2.45) is 0 Å². The Morgan fingerprint density at radius 1 is 1.17 bits per heavy atom. The van der Waals surface area contributed by atoms with Crippen LogP contribution in [0, 0.1) is 0 Å². The lowest BCUT2D eigenvalue weighted by Crippen LogP contribution is -2.17. The van der Waals surface area contributed by atoms with E-state index in [0.29, 0.717) is 17.1 Å². The van der Waals surface area contributed by atoms with Crippen LogP contribution in [0.5, 0.6) is 11.5 Å². The van der Waals surface area contributed by atoms with Crippen molar-refractivity contribution in [3.63, 3.8) is 0 Å². The maximum Gasteiger partial charge on any atom is 0.229 e. The molecule has 0 amide bonds. The van der Waals surface area contributed by atoms with Crippen molar-refractivity contribution in [1.82, 2.24) is 0 Å². The lowest BCUT2D eigenvalue weighted by atomic mass is 9.85. The summed E-state index contributed by atoms with van der Waals surface area (Å²) < 4.78 is 11.4. The number of carbonyl (C=O) groups excluding carboxylic acids is 1. The molecule has 0 fully saturated rings. The topological polar surface area (TPSA) is 35.5 Å². The quantitative estimate of drug-likeness (QED) is 0.620. The van der Waals surface area contributed by atoms with Gasteiger partial charge in [-0.15, -0.1) is 0 Å². The first-order valence-corrected chi connectivity index (χ1v) is 8.92. The average molecular weight is 266 g/mol. The van der Waals surface area contributed by atoms with E-state index in [4.69, 9.17) is 9.16 Å². The fourth-order valence-corrected chi connectivity index (χ4v) is 2.54. The normalized spacial score (nSPS) is 11.5. The van der Waals surface area contributed by atoms with Gasteiger partial charge in [-0.05, 0) is 24.6 Å². The van der Waals surface area contributed by atoms with Crippen LogP contribution in [0.15, 0.2) is 12.1 Å². The molecule has 0 aliphatic carbocycles. The van der Waals surface area contributed by atoms with Crippen molar-refractivity contribution >= 4 is 15.3 Å². The largest absolute Gasteiger partial charge is 0.544 e. The number of rotatable bonds is 4. The van der Waals surface area contributed by atoms with E-state index in [2.05, 4.69) is 33.9 Å². The van der Waals surface area contributed by atoms with E-state index in [-0.39, 0.29) is 5.41 Å². The minimum atomic E-state index is -1.29. The molecule has 0 radical (unpaired) electrons. The fourth-order valence-electron chi connectivity index (χ4n) is 1.82. The fraction of sp³-hybridized carbons (Fsp3) is 0.500. The Hall–Kier alpha value is -1.29. The highest BCUT2D eigenvalue weighted by Gasteiger charge is 2.24. The van der Waals surface area contributed by atoms with Gasteiger partial charge in [-0.2, -0.15) is 0 Å². The lowest BCUT2D eigenvalue weighted by Gasteiger charge is -2.25. The molecule has 0 saturated heterocycles. The van der Waals surface area contributed by atoms with E-state index in [1.54, 1.807) is 7.11 Å². The van der Waals surface area contributed by atoms with Crippen LogP contribution in [0.25, 0.3) is 0 Å². The first kappa shape index (κ1) is 14.8. The van der Waals surface area contributed by atoms with Crippen molar-refractivity contribution in [1.29, 1.82) is 0 Å². The Morgan fingerprint density at radius 3 is 2.17 bits per heavy atom. The van der Waals surface area contributed by atoms with E-state index in [9.17, 15) is 4.79 Å². The van der Waals surface area contributed by atoms with Crippen LogP contribution < -0.4 is 9.16 Å². The summed E-state index contributed by atoms with van der Waals surface area (Å²) in [6.45, 7) is 10.5. The summed E-state index contributed by atoms with van der Waals surface area (Å²) >= 11 is 0. The maximum atomic E-state index is 11.1. The minimum absolute atomic E-state index is 0.0522. The van der Waals surface area contributed by atoms with Gasteiger partial charge in [0.15, 0.2) is 17.8 Å². The number of benzene rings is 1. The van der Waals surface area contributed by atoms with Gasteiger partial charge in [-0.1, -0.05) is 26.8 Å². The summed E-state index contributed by atoms with van der Waals surface area (Å²) in [5.41, 5.74) is 1.56. The Balaban J connectivity index is 3.46. The third kappa shape index (κ3) is 3.13. The van der Waals surface area contributed by atoms with E-state index in [0.717, 1.165) is 11.8 Å². The standard InChI is InChI=1S/C14H22O3Si/c1-14(2,3)11-8-7-10(9-15)12(13(11)16-4)17-18(5)6/h7-9,18H,1-6H3. The molecule has 0 heterocycles. The van der Waals surface area contributed by atoms with Gasteiger partial charge in [0.1, 0.15) is 0 Å². The highest BCUT2D eigenvalue weighted by Crippen LogP contribution is 2.40. The van der Waals surface area contributed by atoms with E-state index >= 15 is 0 Å². The minimum Gasteiger partial charge on any atom is -0.544 e. The van der Waals surface area contributed by atoms with E-state index < -0.39 is 9.04 Å². The van der Waals surface area contributed by atoms with Gasteiger partial charge in [0.2, 0.25) is 9.04 Å². The van der Waals surface area contributed by atoms with Gasteiger partial charge in [0.25, 0.3) is 0 Å². The van der Waals surface area contributed by atoms with Crippen molar-refractivity contribution in [3.8, 4) is 11.5 Å². The SMILES string of the molecule is COc1c(C(C)(C)C)ccc(C=O)c1O[SiH](C)C. The third-order valence-corrected chi connectivity index (χ3v) is 3.34. The molecule has 0 spiro atoms. The molecular formula is C14H22O3Si. The molecule has 100 valence electrons. The average Bonchev–Trinajstić information content (AvgIpc) is 2.26. The number of aldehydes is 1. The molecule has 0 aromatic heterocycles. The molecule has 4 heteroatoms. The van der Waals surface area contributed by atoms with Crippen LogP contribution in [0.4, 0.5) is 0 Å². The van der Waals surface area contributed by atoms with Gasteiger partial charge in [0, 0.05) is 5.56 Å². The second-order valence-electron chi connectivity index (χ2n) is 5.60. The number of ether oxygens (including phenoxy) is 1. The summed E-state index contributed by atoms with van der Waals surface area (Å²) in [6, 6.07) is 3.75. The molecule has 1 aromatic rings. The van der Waals surface area contributed by atoms with E-state index in [1.165, 1.54) is 0 Å². The summed E-state index contributed by atoms with van der Waals surface area (Å²) in [4.78, 5) is 11.1. The van der Waals surface area contributed by atoms with Gasteiger partial charge in [-0.25, -0.2) is 0 Å². The zero-order valence-electron chi connectivity index (χ0n) is 12.0. The van der Waals surface area contributed by atoms with Crippen LogP contribution in [0.2, 0.25) is 13.1 Å². The second kappa shape index (κ2) is 5.57. The third-order valence-electron chi connectivity index (χ3n) is 2.64. The number of methoxy groups -OCH3 is 1. The highest BCUT2D eigenvalue weighted by molar-refractivity contribution is 6.49. The molecule has 0 saturated carbocycles. The molecule has 0 bridgehead atoms. The van der Waals surface area contributed by atoms with Gasteiger partial charge in [-0.3, -0.25) is 4.79 Å². The molecule has 0 aliphatic heterocycles. The predicted octanol–water partition coefficient (Wildman–Crippen LogP) is 3.17. The number of carbonyl (C=O) groups is 1. The van der Waals surface area contributed by atoms with Crippen LogP contribution >= 0.6 is 0 Å². The van der Waals surface area contributed by atoms with Crippen molar-refractivity contribution < 1.29 is 14.0 Å². The summed E-state index contributed by atoms with van der Waals surface area (Å²) in [5, 5.41) is 0. The Labute approximate surface area is 111 Å². The van der Waals surface area contributed by atoms with E-state index in [1.807, 2.05) is 12.1 Å². The molecule has 0 atom stereocenters. The molecule has 0 N–H and O–H groups in total. The van der Waals surface area contributed by atoms with Crippen molar-refractivity contribution in [2.45, 2.75) is 39.3 Å². The molecule has 1 rings (SSSR count). The predicted molar refractivity (Wildman–Crippen MR) is 76.6 cm³/mol. The van der Waals surface area contributed by atoms with Crippen LogP contribution in [-0.2, 0) is 5.41 Å². The Morgan fingerprint density at radius 2 is 1.78 bits per heavy atom. The Kier molecular flexibility index (Phi) is 4.57. The van der Waals surface area contributed by atoms with Crippen LogP contribution in [0.1, 0.15) is 36.7 Å². The number of hydrogen-bond donors (Lipinski definition) is 0. The second-order valence-corrected chi connectivity index (χ2v) is 7.93. The molecule has 18 heavy (non-hydrogen) atoms. The summed E-state index contributed by atoms with van der Waals surface area (Å²) in [6.07, 6.45) is 0.821. The van der Waals surface area contributed by atoms with Crippen LogP contribution in [0.3, 0.4) is 0 Å². The van der Waals surface area contributed by atoms with Gasteiger partial charge in [0.05, 0.1) is 12.7 Å². The first-order chi connectivity index (χ1) is 8.31. The first-order valence-electron chi connectivity index (χ1n) is 6.14. The maximum absolute atomic E-state index is 11.1. The summed E-state index contributed by atoms with van der Waals surface area (Å²) in [7, 11) is 0.324. The van der Waals surface area contributed by atoms with Gasteiger partial charge >= 0.3 is 0 Å². The zero-order valence-corrected chi connectivity index (χ0v) is 13.2. The molecule has 0 unspecified atom stereocenters. The van der Waals surface area contributed by atoms with Crippen molar-refractivity contribution in [3.05, 3.63) is 23.3 Å².